The molecule has 1 aliphatic rings. The molecule has 5 heteroatoms. The summed E-state index contributed by atoms with van der Waals surface area (Å²) in [6, 6.07) is 21.8. The lowest BCUT2D eigenvalue weighted by Crippen LogP contribution is -2.41. The predicted molar refractivity (Wildman–Crippen MR) is 183 cm³/mol. The molecule has 0 heterocycles. The molecule has 2 atom stereocenters. The molecule has 0 saturated heterocycles. The van der Waals surface area contributed by atoms with Gasteiger partial charge in [0, 0.05) is 5.76 Å². The lowest BCUT2D eigenvalue weighted by atomic mass is 9.80. The van der Waals surface area contributed by atoms with Gasteiger partial charge in [0.15, 0.2) is 8.32 Å². The monoisotopic (exact) mass is 603 g/mol. The maximum Gasteiger partial charge on any atom is 0.192 e. The molecule has 0 radical (unpaired) electrons. The van der Waals surface area contributed by atoms with Crippen LogP contribution in [0.5, 0.6) is 0 Å². The lowest BCUT2D eigenvalue weighted by molar-refractivity contribution is 0.0196. The summed E-state index contributed by atoms with van der Waals surface area (Å²) >= 11 is 0. The Kier molecular flexibility index (Phi) is 14.3. The summed E-state index contributed by atoms with van der Waals surface area (Å²) in [5, 5.41) is 0.220. The van der Waals surface area contributed by atoms with Crippen molar-refractivity contribution >= 4 is 13.9 Å². The van der Waals surface area contributed by atoms with Gasteiger partial charge in [0.05, 0.1) is 39.6 Å². The average Bonchev–Trinajstić information content (AvgIpc) is 3.00. The van der Waals surface area contributed by atoms with Gasteiger partial charge in [-0.1, -0.05) is 114 Å². The zero-order valence-electron chi connectivity index (χ0n) is 27.7. The highest BCUT2D eigenvalue weighted by Gasteiger charge is 2.36. The molecule has 0 fully saturated rings. The molecule has 0 spiro atoms. The van der Waals surface area contributed by atoms with Crippen molar-refractivity contribution in [3.05, 3.63) is 108 Å². The van der Waals surface area contributed by atoms with Gasteiger partial charge in [-0.05, 0) is 42.0 Å². The lowest BCUT2D eigenvalue weighted by Gasteiger charge is -2.36. The van der Waals surface area contributed by atoms with Crippen LogP contribution in [-0.4, -0.2) is 48.0 Å². The van der Waals surface area contributed by atoms with Gasteiger partial charge in [0.1, 0.15) is 0 Å². The summed E-state index contributed by atoms with van der Waals surface area (Å²) in [5.74, 6) is 2.00. The molecule has 4 nitrogen and oxygen atoms in total. The van der Waals surface area contributed by atoms with Crippen LogP contribution in [0.25, 0.3) is 5.57 Å². The third kappa shape index (κ3) is 11.8. The number of hydrogen-bond donors (Lipinski definition) is 0. The van der Waals surface area contributed by atoms with Gasteiger partial charge < -0.3 is 18.6 Å². The average molecular weight is 604 g/mol. The van der Waals surface area contributed by atoms with Crippen LogP contribution < -0.4 is 0 Å². The quantitative estimate of drug-likeness (QED) is 0.0965. The Morgan fingerprint density at radius 2 is 1.42 bits per heavy atom. The molecular formula is C38H55O4Si-. The van der Waals surface area contributed by atoms with Crippen LogP contribution >= 0.6 is 0 Å². The van der Waals surface area contributed by atoms with E-state index in [1.807, 2.05) is 0 Å². The van der Waals surface area contributed by atoms with Crippen molar-refractivity contribution < 1.29 is 18.6 Å². The van der Waals surface area contributed by atoms with Crippen LogP contribution in [-0.2, 0) is 18.6 Å². The Bertz CT molecular complexity index is 1160. The van der Waals surface area contributed by atoms with E-state index in [9.17, 15) is 0 Å². The first kappa shape index (κ1) is 34.9. The minimum atomic E-state index is -1.71. The normalized spacial score (nSPS) is 16.3. The second kappa shape index (κ2) is 17.7. The zero-order chi connectivity index (χ0) is 31.1. The molecule has 2 unspecified atom stereocenters. The molecule has 0 amide bonds. The highest BCUT2D eigenvalue weighted by Crippen LogP contribution is 2.38. The maximum atomic E-state index is 6.15. The Morgan fingerprint density at radius 3 is 2.00 bits per heavy atom. The van der Waals surface area contributed by atoms with Gasteiger partial charge in [-0.3, -0.25) is 0 Å². The third-order valence-electron chi connectivity index (χ3n) is 8.80. The SMILES string of the molecule is CCC(C)CC(CC(=C1C=CC(OCCOCCOCCO[Si](C)(C)C(C)(C)C)=C[CH-]1)c1ccccc1)c1ccccc1. The highest BCUT2D eigenvalue weighted by molar-refractivity contribution is 6.74. The zero-order valence-corrected chi connectivity index (χ0v) is 28.7. The second-order valence-corrected chi connectivity index (χ2v) is 17.9. The fourth-order valence-electron chi connectivity index (χ4n) is 4.87. The Balaban J connectivity index is 1.48. The minimum Gasteiger partial charge on any atom is -0.534 e. The molecule has 0 bridgehead atoms. The number of allylic oxidation sites excluding steroid dienone is 5. The smallest absolute Gasteiger partial charge is 0.192 e. The van der Waals surface area contributed by atoms with Crippen molar-refractivity contribution in [2.24, 2.45) is 5.92 Å². The van der Waals surface area contributed by atoms with Crippen LogP contribution in [0.15, 0.2) is 90.2 Å². The fraction of sp³-hybridized carbons (Fsp3) is 0.500. The first-order chi connectivity index (χ1) is 20.6. The van der Waals surface area contributed by atoms with Crippen LogP contribution in [0.3, 0.4) is 0 Å². The summed E-state index contributed by atoms with van der Waals surface area (Å²) in [5.41, 5.74) is 5.32. The van der Waals surface area contributed by atoms with Crippen molar-refractivity contribution in [2.45, 2.75) is 77.9 Å². The van der Waals surface area contributed by atoms with Crippen molar-refractivity contribution in [3.8, 4) is 0 Å². The van der Waals surface area contributed by atoms with Crippen LogP contribution in [0, 0.1) is 12.3 Å². The van der Waals surface area contributed by atoms with Crippen molar-refractivity contribution in [1.82, 2.24) is 0 Å². The molecule has 0 aliphatic heterocycles. The number of ether oxygens (including phenoxy) is 3. The summed E-state index contributed by atoms with van der Waals surface area (Å²) in [6.45, 7) is 19.3. The van der Waals surface area contributed by atoms with E-state index in [1.165, 1.54) is 35.1 Å². The van der Waals surface area contributed by atoms with Gasteiger partial charge >= 0.3 is 0 Å². The van der Waals surface area contributed by atoms with E-state index < -0.39 is 8.32 Å². The predicted octanol–water partition coefficient (Wildman–Crippen LogP) is 9.78. The largest absolute Gasteiger partial charge is 0.534 e. The van der Waals surface area contributed by atoms with Gasteiger partial charge in [0.25, 0.3) is 0 Å². The van der Waals surface area contributed by atoms with E-state index in [2.05, 4.69) is 133 Å². The standard InChI is InChI=1S/C38H55O4Si/c1-8-31(2)29-35(32-15-11-9-12-16-32)30-37(33-17-13-10-14-18-33)34-19-21-36(22-20-34)41-27-25-39-23-24-40-26-28-42-43(6,7)38(3,4)5/h9-22,31,35H,8,23-30H2,1-7H3/q-1. The minimum absolute atomic E-state index is 0.220. The highest BCUT2D eigenvalue weighted by atomic mass is 28.4. The van der Waals surface area contributed by atoms with Gasteiger partial charge in [-0.2, -0.15) is 0 Å². The maximum absolute atomic E-state index is 6.15. The third-order valence-corrected chi connectivity index (χ3v) is 13.3. The van der Waals surface area contributed by atoms with E-state index in [4.69, 9.17) is 18.6 Å². The molecule has 3 rings (SSSR count). The van der Waals surface area contributed by atoms with E-state index in [0.29, 0.717) is 51.5 Å². The molecule has 236 valence electrons. The van der Waals surface area contributed by atoms with Gasteiger partial charge in [-0.25, -0.2) is 0 Å². The van der Waals surface area contributed by atoms with Crippen molar-refractivity contribution in [1.29, 1.82) is 0 Å². The Morgan fingerprint density at radius 1 is 0.814 bits per heavy atom. The second-order valence-electron chi connectivity index (χ2n) is 13.1. The molecule has 1 aliphatic carbocycles. The fourth-order valence-corrected chi connectivity index (χ4v) is 5.89. The molecule has 2 aromatic rings. The summed E-state index contributed by atoms with van der Waals surface area (Å²) < 4.78 is 23.5. The van der Waals surface area contributed by atoms with Crippen LogP contribution in [0.2, 0.25) is 18.1 Å². The van der Waals surface area contributed by atoms with E-state index in [1.54, 1.807) is 0 Å². The topological polar surface area (TPSA) is 36.9 Å². The number of rotatable bonds is 18. The molecule has 43 heavy (non-hydrogen) atoms. The van der Waals surface area contributed by atoms with E-state index in [0.717, 1.165) is 12.2 Å². The molecule has 0 aromatic heterocycles. The first-order valence-corrected chi connectivity index (χ1v) is 19.0. The van der Waals surface area contributed by atoms with Crippen molar-refractivity contribution in [2.75, 3.05) is 39.6 Å². The summed E-state index contributed by atoms with van der Waals surface area (Å²) in [7, 11) is -1.71. The van der Waals surface area contributed by atoms with Gasteiger partial charge in [0.2, 0.25) is 0 Å². The summed E-state index contributed by atoms with van der Waals surface area (Å²) in [6.07, 6.45) is 11.9. The van der Waals surface area contributed by atoms with Gasteiger partial charge in [-0.15, -0.1) is 35.8 Å². The Labute approximate surface area is 263 Å². The molecule has 2 aromatic carbocycles. The van der Waals surface area contributed by atoms with E-state index in [-0.39, 0.29) is 5.04 Å². The van der Waals surface area contributed by atoms with Crippen molar-refractivity contribution in [3.63, 3.8) is 0 Å². The Hall–Kier alpha value is -2.57. The van der Waals surface area contributed by atoms with Crippen LogP contribution in [0.1, 0.15) is 70.9 Å². The number of benzene rings is 2. The molecule has 0 saturated carbocycles. The molecular weight excluding hydrogens is 549 g/mol. The van der Waals surface area contributed by atoms with Crippen LogP contribution in [0.4, 0.5) is 0 Å². The first-order valence-electron chi connectivity index (χ1n) is 16.1. The summed E-state index contributed by atoms with van der Waals surface area (Å²) in [4.78, 5) is 0. The van der Waals surface area contributed by atoms with E-state index >= 15 is 0 Å². The molecule has 0 N–H and O–H groups in total. The number of hydrogen-bond acceptors (Lipinski definition) is 4.